The minimum Gasteiger partial charge on any atom is -0.548 e. The van der Waals surface area contributed by atoms with Gasteiger partial charge >= 0.3 is 0 Å². The molecule has 1 aromatic rings. The minimum absolute atomic E-state index is 0.139. The molecule has 23 heavy (non-hydrogen) atoms. The van der Waals surface area contributed by atoms with Gasteiger partial charge in [0.25, 0.3) is 11.8 Å². The molecule has 0 saturated carbocycles. The smallest absolute Gasteiger partial charge is 0.263 e. The molecule has 1 atom stereocenters. The maximum absolute atomic E-state index is 12.7. The molecule has 1 aliphatic rings. The second-order valence-electron chi connectivity index (χ2n) is 4.96. The maximum atomic E-state index is 12.7. The van der Waals surface area contributed by atoms with Crippen molar-refractivity contribution in [2.75, 3.05) is 0 Å². The highest BCUT2D eigenvalue weighted by Crippen LogP contribution is 2.45. The first-order valence-electron chi connectivity index (χ1n) is 6.68. The van der Waals surface area contributed by atoms with Crippen molar-refractivity contribution in [3.63, 3.8) is 0 Å². The number of carbonyl (C=O) groups is 3. The molecule has 124 valence electrons. The normalized spacial score (nSPS) is 15.1. The molecule has 0 fully saturated rings. The van der Waals surface area contributed by atoms with Gasteiger partial charge in [0.15, 0.2) is 0 Å². The monoisotopic (exact) mass is 572 g/mol. The molecule has 1 heterocycles. The van der Waals surface area contributed by atoms with Crippen LogP contribution >= 0.6 is 63.7 Å². The standard InChI is InChI=1S/C14H11Br4NO4/c1-2-3-4-5(14(22)23)19-12(20)6-7(13(19)21)9(16)11(18)10(17)8(6)15/h5H,2-4H2,1H3,(H,22,23)/p-1/t5-/m1/s1. The van der Waals surface area contributed by atoms with E-state index >= 15 is 0 Å². The van der Waals surface area contributed by atoms with E-state index in [1.165, 1.54) is 0 Å². The third-order valence-corrected chi connectivity index (χ3v) is 8.32. The van der Waals surface area contributed by atoms with Crippen LogP contribution in [0, 0.1) is 0 Å². The summed E-state index contributed by atoms with van der Waals surface area (Å²) in [4.78, 5) is 37.6. The molecule has 0 aliphatic carbocycles. The van der Waals surface area contributed by atoms with E-state index in [9.17, 15) is 19.5 Å². The summed E-state index contributed by atoms with van der Waals surface area (Å²) < 4.78 is 1.92. The Morgan fingerprint density at radius 3 is 1.78 bits per heavy atom. The number of halogens is 4. The number of hydrogen-bond donors (Lipinski definition) is 0. The highest BCUT2D eigenvalue weighted by molar-refractivity contribution is 9.15. The van der Waals surface area contributed by atoms with Crippen LogP contribution in [0.5, 0.6) is 0 Å². The Hall–Kier alpha value is -0.250. The number of nitrogens with zero attached hydrogens (tertiary/aromatic N) is 1. The topological polar surface area (TPSA) is 77.5 Å². The van der Waals surface area contributed by atoms with Gasteiger partial charge in [-0.3, -0.25) is 14.5 Å². The first-order valence-corrected chi connectivity index (χ1v) is 9.85. The molecule has 5 nitrogen and oxygen atoms in total. The fraction of sp³-hybridized carbons (Fsp3) is 0.357. The number of rotatable bonds is 5. The molecular weight excluding hydrogens is 566 g/mol. The molecule has 1 aromatic carbocycles. The molecule has 0 aromatic heterocycles. The fourth-order valence-corrected chi connectivity index (χ4v) is 4.86. The Kier molecular flexibility index (Phi) is 6.08. The summed E-state index contributed by atoms with van der Waals surface area (Å²) in [6.45, 7) is 1.90. The van der Waals surface area contributed by atoms with Gasteiger partial charge in [0.2, 0.25) is 0 Å². The molecule has 0 spiro atoms. The third kappa shape index (κ3) is 3.17. The maximum Gasteiger partial charge on any atom is 0.263 e. The number of carboxylic acids is 1. The van der Waals surface area contributed by atoms with Gasteiger partial charge in [0, 0.05) is 17.9 Å². The molecular formula is C14H10Br4NO4-. The number of imide groups is 1. The van der Waals surface area contributed by atoms with Gasteiger partial charge in [-0.15, -0.1) is 0 Å². The first-order chi connectivity index (χ1) is 10.7. The number of fused-ring (bicyclic) bond motifs is 1. The Morgan fingerprint density at radius 2 is 1.43 bits per heavy atom. The van der Waals surface area contributed by atoms with Gasteiger partial charge in [0.1, 0.15) is 0 Å². The summed E-state index contributed by atoms with van der Waals surface area (Å²) in [6.07, 6.45) is 1.49. The van der Waals surface area contributed by atoms with Crippen LogP contribution in [0.4, 0.5) is 0 Å². The zero-order valence-electron chi connectivity index (χ0n) is 11.8. The van der Waals surface area contributed by atoms with E-state index in [1.807, 2.05) is 6.92 Å². The first kappa shape index (κ1) is 19.1. The van der Waals surface area contributed by atoms with Crippen LogP contribution < -0.4 is 5.11 Å². The van der Waals surface area contributed by atoms with Crippen LogP contribution in [0.2, 0.25) is 0 Å². The third-order valence-electron chi connectivity index (χ3n) is 3.55. The van der Waals surface area contributed by atoms with Crippen LogP contribution in [0.15, 0.2) is 17.9 Å². The molecule has 0 bridgehead atoms. The van der Waals surface area contributed by atoms with E-state index in [0.717, 1.165) is 11.3 Å². The van der Waals surface area contributed by atoms with E-state index in [2.05, 4.69) is 63.7 Å². The molecule has 9 heteroatoms. The van der Waals surface area contributed by atoms with E-state index in [0.29, 0.717) is 24.3 Å². The van der Waals surface area contributed by atoms with Crippen molar-refractivity contribution in [3.05, 3.63) is 29.0 Å². The van der Waals surface area contributed by atoms with Gasteiger partial charge in [-0.1, -0.05) is 19.8 Å². The second kappa shape index (κ2) is 7.33. The predicted octanol–water partition coefficient (Wildman–Crippen LogP) is 3.64. The lowest BCUT2D eigenvalue weighted by Gasteiger charge is -2.26. The number of hydrogen-bond acceptors (Lipinski definition) is 4. The van der Waals surface area contributed by atoms with Crippen molar-refractivity contribution in [1.29, 1.82) is 0 Å². The molecule has 0 unspecified atom stereocenters. The number of carbonyl (C=O) groups excluding carboxylic acids is 3. The lowest BCUT2D eigenvalue weighted by atomic mass is 10.1. The summed E-state index contributed by atoms with van der Waals surface area (Å²) in [7, 11) is 0. The van der Waals surface area contributed by atoms with E-state index in [-0.39, 0.29) is 17.5 Å². The highest BCUT2D eigenvalue weighted by atomic mass is 79.9. The lowest BCUT2D eigenvalue weighted by molar-refractivity contribution is -0.310. The zero-order valence-corrected chi connectivity index (χ0v) is 18.1. The molecule has 0 radical (unpaired) electrons. The predicted molar refractivity (Wildman–Crippen MR) is 96.1 cm³/mol. The Bertz CT molecular complexity index is 672. The number of amides is 2. The van der Waals surface area contributed by atoms with Crippen molar-refractivity contribution in [1.82, 2.24) is 4.90 Å². The summed E-state index contributed by atoms with van der Waals surface area (Å²) >= 11 is 13.2. The van der Waals surface area contributed by atoms with Gasteiger partial charge in [-0.05, 0) is 70.1 Å². The SMILES string of the molecule is CCCC[C@H](C(=O)[O-])N1C(=O)c2c(Br)c(Br)c(Br)c(Br)c2C1=O. The van der Waals surface area contributed by atoms with Crippen LogP contribution in [-0.2, 0) is 4.79 Å². The van der Waals surface area contributed by atoms with E-state index < -0.39 is 23.8 Å². The number of benzene rings is 1. The van der Waals surface area contributed by atoms with Crippen LogP contribution in [-0.4, -0.2) is 28.7 Å². The van der Waals surface area contributed by atoms with Crippen LogP contribution in [0.1, 0.15) is 46.9 Å². The minimum atomic E-state index is -1.43. The molecule has 0 N–H and O–H groups in total. The highest BCUT2D eigenvalue weighted by Gasteiger charge is 2.44. The van der Waals surface area contributed by atoms with Crippen molar-refractivity contribution < 1.29 is 19.5 Å². The number of unbranched alkanes of at least 4 members (excludes halogenated alkanes) is 1. The molecule has 2 amide bonds. The van der Waals surface area contributed by atoms with Crippen molar-refractivity contribution >= 4 is 81.5 Å². The second-order valence-corrected chi connectivity index (χ2v) is 8.14. The quantitative estimate of drug-likeness (QED) is 0.305. The van der Waals surface area contributed by atoms with E-state index in [4.69, 9.17) is 0 Å². The van der Waals surface area contributed by atoms with Gasteiger partial charge in [0.05, 0.1) is 23.1 Å². The number of carboxylic acid groups (broad SMARTS) is 1. The Labute approximate surface area is 166 Å². The summed E-state index contributed by atoms with van der Waals surface area (Å²) in [5.41, 5.74) is 0.277. The molecule has 2 rings (SSSR count). The summed E-state index contributed by atoms with van der Waals surface area (Å²) in [5.74, 6) is -2.72. The van der Waals surface area contributed by atoms with Crippen molar-refractivity contribution in [2.45, 2.75) is 32.2 Å². The Balaban J connectivity index is 2.59. The number of aliphatic carboxylic acids is 1. The average Bonchev–Trinajstić information content (AvgIpc) is 2.75. The van der Waals surface area contributed by atoms with Gasteiger partial charge < -0.3 is 9.90 Å². The summed E-state index contributed by atoms with van der Waals surface area (Å²) in [6, 6.07) is -1.28. The van der Waals surface area contributed by atoms with Gasteiger partial charge in [-0.2, -0.15) is 0 Å². The van der Waals surface area contributed by atoms with E-state index in [1.54, 1.807) is 0 Å². The van der Waals surface area contributed by atoms with Crippen LogP contribution in [0.3, 0.4) is 0 Å². The molecule has 0 saturated heterocycles. The largest absolute Gasteiger partial charge is 0.548 e. The van der Waals surface area contributed by atoms with Gasteiger partial charge in [-0.25, -0.2) is 0 Å². The molecule has 1 aliphatic heterocycles. The average molecular weight is 576 g/mol. The van der Waals surface area contributed by atoms with Crippen LogP contribution in [0.25, 0.3) is 0 Å². The Morgan fingerprint density at radius 1 is 1.00 bits per heavy atom. The summed E-state index contributed by atoms with van der Waals surface area (Å²) in [5, 5.41) is 11.4. The zero-order chi connectivity index (χ0) is 17.5. The van der Waals surface area contributed by atoms with Crippen molar-refractivity contribution in [2.24, 2.45) is 0 Å². The van der Waals surface area contributed by atoms with Crippen molar-refractivity contribution in [3.8, 4) is 0 Å². The lowest BCUT2D eigenvalue weighted by Crippen LogP contribution is -2.50. The fourth-order valence-electron chi connectivity index (χ4n) is 2.40.